The number of nitrogens with zero attached hydrogens (tertiary/aromatic N) is 2. The van der Waals surface area contributed by atoms with Gasteiger partial charge in [0, 0.05) is 30.1 Å². The summed E-state index contributed by atoms with van der Waals surface area (Å²) in [4.78, 5) is 17.2. The van der Waals surface area contributed by atoms with Crippen LogP contribution in [0.15, 0.2) is 33.6 Å². The minimum atomic E-state index is -0.0514. The smallest absolute Gasteiger partial charge is 0.250 e. The van der Waals surface area contributed by atoms with E-state index in [9.17, 15) is 4.79 Å². The van der Waals surface area contributed by atoms with Crippen molar-refractivity contribution in [1.82, 2.24) is 10.1 Å². The van der Waals surface area contributed by atoms with Crippen molar-refractivity contribution in [1.29, 1.82) is 0 Å². The van der Waals surface area contributed by atoms with Gasteiger partial charge < -0.3 is 14.4 Å². The number of aromatic nitrogens is 2. The molecule has 0 aliphatic carbocycles. The Morgan fingerprint density at radius 2 is 1.96 bits per heavy atom. The molecular weight excluding hydrogens is 290 g/mol. The van der Waals surface area contributed by atoms with Crippen molar-refractivity contribution in [2.24, 2.45) is 0 Å². The van der Waals surface area contributed by atoms with Gasteiger partial charge in [-0.1, -0.05) is 11.2 Å². The first-order valence-corrected chi connectivity index (χ1v) is 7.99. The van der Waals surface area contributed by atoms with Crippen LogP contribution >= 0.6 is 0 Å². The van der Waals surface area contributed by atoms with E-state index in [2.05, 4.69) is 21.1 Å². The molecule has 1 aromatic carbocycles. The van der Waals surface area contributed by atoms with Crippen molar-refractivity contribution in [3.8, 4) is 11.1 Å². The third-order valence-electron chi connectivity index (χ3n) is 4.59. The van der Waals surface area contributed by atoms with E-state index >= 15 is 0 Å². The lowest BCUT2D eigenvalue weighted by Crippen LogP contribution is -2.20. The number of anilines is 1. The number of benzene rings is 1. The highest BCUT2D eigenvalue weighted by Gasteiger charge is 2.18. The highest BCUT2D eigenvalue weighted by molar-refractivity contribution is 5.95. The predicted molar refractivity (Wildman–Crippen MR) is 91.0 cm³/mol. The Kier molecular flexibility index (Phi) is 3.22. The number of H-pyrrole nitrogens is 1. The van der Waals surface area contributed by atoms with Crippen molar-refractivity contribution in [3.63, 3.8) is 0 Å². The molecule has 23 heavy (non-hydrogen) atoms. The quantitative estimate of drug-likeness (QED) is 0.788. The van der Waals surface area contributed by atoms with Crippen molar-refractivity contribution in [2.75, 3.05) is 18.0 Å². The highest BCUT2D eigenvalue weighted by Crippen LogP contribution is 2.33. The summed E-state index contributed by atoms with van der Waals surface area (Å²) in [6.45, 7) is 5.89. The molecular formula is C18H19N3O2. The maximum absolute atomic E-state index is 12.0. The Morgan fingerprint density at radius 1 is 1.17 bits per heavy atom. The Balaban J connectivity index is 1.95. The van der Waals surface area contributed by atoms with Crippen molar-refractivity contribution >= 4 is 16.6 Å². The fourth-order valence-corrected chi connectivity index (χ4v) is 3.51. The second-order valence-corrected chi connectivity index (χ2v) is 6.17. The average molecular weight is 309 g/mol. The predicted octanol–water partition coefficient (Wildman–Crippen LogP) is 3.40. The van der Waals surface area contributed by atoms with E-state index in [-0.39, 0.29) is 5.56 Å². The van der Waals surface area contributed by atoms with E-state index in [1.54, 1.807) is 6.07 Å². The third kappa shape index (κ3) is 2.32. The van der Waals surface area contributed by atoms with Gasteiger partial charge in [0.1, 0.15) is 5.76 Å². The van der Waals surface area contributed by atoms with Gasteiger partial charge in [-0.3, -0.25) is 4.79 Å². The average Bonchev–Trinajstić information content (AvgIpc) is 3.17. The summed E-state index contributed by atoms with van der Waals surface area (Å²) >= 11 is 0. The number of aryl methyl sites for hydroxylation is 2. The molecule has 5 heteroatoms. The number of hydrogen-bond acceptors (Lipinski definition) is 4. The van der Waals surface area contributed by atoms with Crippen LogP contribution in [0.1, 0.15) is 24.3 Å². The number of pyridine rings is 1. The third-order valence-corrected chi connectivity index (χ3v) is 4.59. The van der Waals surface area contributed by atoms with E-state index in [1.807, 2.05) is 26.0 Å². The molecule has 3 heterocycles. The van der Waals surface area contributed by atoms with E-state index in [0.717, 1.165) is 52.3 Å². The van der Waals surface area contributed by atoms with Gasteiger partial charge in [-0.05, 0) is 44.4 Å². The van der Waals surface area contributed by atoms with Gasteiger partial charge in [0.05, 0.1) is 16.9 Å². The van der Waals surface area contributed by atoms with Gasteiger partial charge in [-0.15, -0.1) is 0 Å². The molecule has 0 atom stereocenters. The lowest BCUT2D eigenvalue weighted by molar-refractivity contribution is 0.393. The van der Waals surface area contributed by atoms with Crippen LogP contribution in [0.4, 0.5) is 5.69 Å². The van der Waals surface area contributed by atoms with Crippen LogP contribution in [-0.4, -0.2) is 23.2 Å². The molecule has 118 valence electrons. The second kappa shape index (κ2) is 5.26. The molecule has 0 saturated carbocycles. The van der Waals surface area contributed by atoms with E-state index in [1.165, 1.54) is 12.8 Å². The minimum Gasteiger partial charge on any atom is -0.371 e. The Morgan fingerprint density at radius 3 is 2.65 bits per heavy atom. The van der Waals surface area contributed by atoms with Gasteiger partial charge in [0.15, 0.2) is 0 Å². The van der Waals surface area contributed by atoms with Crippen molar-refractivity contribution < 1.29 is 4.52 Å². The first kappa shape index (κ1) is 14.1. The SMILES string of the molecule is Cc1noc(C)c1-c1ccc2[nH]c(=O)cc(N3CCCC3)c2c1. The normalized spacial score (nSPS) is 14.8. The summed E-state index contributed by atoms with van der Waals surface area (Å²) in [5, 5.41) is 5.12. The largest absolute Gasteiger partial charge is 0.371 e. The highest BCUT2D eigenvalue weighted by atomic mass is 16.5. The Hall–Kier alpha value is -2.56. The number of rotatable bonds is 2. The van der Waals surface area contributed by atoms with E-state index in [4.69, 9.17) is 4.52 Å². The lowest BCUT2D eigenvalue weighted by Gasteiger charge is -2.19. The summed E-state index contributed by atoms with van der Waals surface area (Å²) < 4.78 is 5.29. The molecule has 0 spiro atoms. The number of hydrogen-bond donors (Lipinski definition) is 1. The topological polar surface area (TPSA) is 62.1 Å². The first-order chi connectivity index (χ1) is 11.1. The minimum absolute atomic E-state index is 0.0514. The molecule has 5 nitrogen and oxygen atoms in total. The van der Waals surface area contributed by atoms with Crippen LogP contribution in [0.3, 0.4) is 0 Å². The summed E-state index contributed by atoms with van der Waals surface area (Å²) in [7, 11) is 0. The molecule has 1 saturated heterocycles. The van der Waals surface area contributed by atoms with Gasteiger partial charge in [-0.2, -0.15) is 0 Å². The van der Waals surface area contributed by atoms with Crippen LogP contribution in [0.5, 0.6) is 0 Å². The monoisotopic (exact) mass is 309 g/mol. The second-order valence-electron chi connectivity index (χ2n) is 6.17. The molecule has 3 aromatic rings. The van der Waals surface area contributed by atoms with Gasteiger partial charge in [0.25, 0.3) is 0 Å². The van der Waals surface area contributed by atoms with Crippen LogP contribution in [0.2, 0.25) is 0 Å². The van der Waals surface area contributed by atoms with Gasteiger partial charge in [-0.25, -0.2) is 0 Å². The summed E-state index contributed by atoms with van der Waals surface area (Å²) in [6, 6.07) is 7.83. The van der Waals surface area contributed by atoms with Gasteiger partial charge in [0.2, 0.25) is 5.56 Å². The molecule has 4 rings (SSSR count). The molecule has 0 unspecified atom stereocenters. The number of fused-ring (bicyclic) bond motifs is 1. The fourth-order valence-electron chi connectivity index (χ4n) is 3.51. The molecule has 0 bridgehead atoms. The van der Waals surface area contributed by atoms with Crippen LogP contribution < -0.4 is 10.5 Å². The molecule has 0 amide bonds. The first-order valence-electron chi connectivity index (χ1n) is 7.99. The van der Waals surface area contributed by atoms with Crippen molar-refractivity contribution in [3.05, 3.63) is 46.1 Å². The summed E-state index contributed by atoms with van der Waals surface area (Å²) in [5.41, 5.74) is 4.83. The molecule has 1 fully saturated rings. The van der Waals surface area contributed by atoms with Gasteiger partial charge >= 0.3 is 0 Å². The Labute approximate surface area is 133 Å². The molecule has 0 radical (unpaired) electrons. The maximum Gasteiger partial charge on any atom is 0.250 e. The number of aromatic amines is 1. The number of nitrogens with one attached hydrogen (secondary N) is 1. The molecule has 1 N–H and O–H groups in total. The molecule has 1 aliphatic rings. The van der Waals surface area contributed by atoms with Crippen LogP contribution in [0, 0.1) is 13.8 Å². The van der Waals surface area contributed by atoms with Crippen LogP contribution in [-0.2, 0) is 0 Å². The van der Waals surface area contributed by atoms with Crippen LogP contribution in [0.25, 0.3) is 22.0 Å². The molecule has 1 aliphatic heterocycles. The zero-order valence-electron chi connectivity index (χ0n) is 13.3. The molecule has 2 aromatic heterocycles. The van der Waals surface area contributed by atoms with Crippen molar-refractivity contribution in [2.45, 2.75) is 26.7 Å². The zero-order chi connectivity index (χ0) is 16.0. The Bertz CT molecular complexity index is 914. The fraction of sp³-hybridized carbons (Fsp3) is 0.333. The zero-order valence-corrected chi connectivity index (χ0v) is 13.3. The lowest BCUT2D eigenvalue weighted by atomic mass is 10.0. The van der Waals surface area contributed by atoms with E-state index in [0.29, 0.717) is 0 Å². The standard InChI is InChI=1S/C18H19N3O2/c1-11-18(12(2)23-20-11)13-5-6-15-14(9-13)16(10-17(22)19-15)21-7-3-4-8-21/h5-6,9-10H,3-4,7-8H2,1-2H3,(H,19,22). The summed E-state index contributed by atoms with van der Waals surface area (Å²) in [6.07, 6.45) is 2.36. The van der Waals surface area contributed by atoms with E-state index < -0.39 is 0 Å². The maximum atomic E-state index is 12.0. The summed E-state index contributed by atoms with van der Waals surface area (Å²) in [5.74, 6) is 0.814.